The lowest BCUT2D eigenvalue weighted by atomic mass is 10.0. The number of ether oxygens (including phenoxy) is 1. The maximum atomic E-state index is 12.6. The van der Waals surface area contributed by atoms with Crippen LogP contribution in [0.25, 0.3) is 11.1 Å². The van der Waals surface area contributed by atoms with Gasteiger partial charge in [-0.25, -0.2) is 0 Å². The molecule has 0 bridgehead atoms. The number of carbonyl (C=O) groups is 2. The number of methoxy groups -OCH3 is 1. The fourth-order valence-electron chi connectivity index (χ4n) is 2.91. The highest BCUT2D eigenvalue weighted by atomic mass is 32.1. The molecule has 3 rings (SSSR count). The first-order valence-electron chi connectivity index (χ1n) is 8.39. The SMILES string of the molecule is COCc1ccc(C(=O)Nc2sc(C)c(-c3ccccc3)c2C(N)=O)cc1. The van der Waals surface area contributed by atoms with E-state index < -0.39 is 5.91 Å². The van der Waals surface area contributed by atoms with Gasteiger partial charge in [0.05, 0.1) is 12.2 Å². The quantitative estimate of drug-likeness (QED) is 0.672. The highest BCUT2D eigenvalue weighted by molar-refractivity contribution is 7.17. The lowest BCUT2D eigenvalue weighted by Crippen LogP contribution is -2.17. The van der Waals surface area contributed by atoms with Crippen LogP contribution in [0.1, 0.15) is 31.2 Å². The molecule has 3 aromatic rings. The Labute approximate surface area is 161 Å². The summed E-state index contributed by atoms with van der Waals surface area (Å²) in [4.78, 5) is 25.7. The van der Waals surface area contributed by atoms with Crippen molar-refractivity contribution in [2.75, 3.05) is 12.4 Å². The molecule has 6 heteroatoms. The number of rotatable bonds is 6. The minimum Gasteiger partial charge on any atom is -0.380 e. The van der Waals surface area contributed by atoms with E-state index in [0.717, 1.165) is 21.6 Å². The average Bonchev–Trinajstić information content (AvgIpc) is 2.99. The molecule has 3 N–H and O–H groups in total. The maximum absolute atomic E-state index is 12.6. The first-order chi connectivity index (χ1) is 13.0. The third kappa shape index (κ3) is 4.07. The molecule has 1 heterocycles. The van der Waals surface area contributed by atoms with Crippen molar-refractivity contribution in [3.63, 3.8) is 0 Å². The van der Waals surface area contributed by atoms with Crippen LogP contribution >= 0.6 is 11.3 Å². The molecular formula is C21H20N2O3S. The van der Waals surface area contributed by atoms with Gasteiger partial charge in [0.2, 0.25) is 0 Å². The first-order valence-corrected chi connectivity index (χ1v) is 9.20. The lowest BCUT2D eigenvalue weighted by Gasteiger charge is -2.07. The Hall–Kier alpha value is -2.96. The molecule has 5 nitrogen and oxygen atoms in total. The van der Waals surface area contributed by atoms with Crippen molar-refractivity contribution in [1.82, 2.24) is 0 Å². The number of anilines is 1. The van der Waals surface area contributed by atoms with Crippen molar-refractivity contribution in [3.05, 3.63) is 76.2 Å². The van der Waals surface area contributed by atoms with Gasteiger partial charge in [-0.2, -0.15) is 0 Å². The van der Waals surface area contributed by atoms with Gasteiger partial charge in [0, 0.05) is 23.1 Å². The third-order valence-electron chi connectivity index (χ3n) is 4.15. The summed E-state index contributed by atoms with van der Waals surface area (Å²) in [7, 11) is 1.62. The number of hydrogen-bond acceptors (Lipinski definition) is 4. The summed E-state index contributed by atoms with van der Waals surface area (Å²) in [5.74, 6) is -0.855. The number of amides is 2. The van der Waals surface area contributed by atoms with Crippen LogP contribution in [0.5, 0.6) is 0 Å². The monoisotopic (exact) mass is 380 g/mol. The van der Waals surface area contributed by atoms with E-state index in [1.165, 1.54) is 11.3 Å². The van der Waals surface area contributed by atoms with E-state index in [-0.39, 0.29) is 5.91 Å². The van der Waals surface area contributed by atoms with E-state index in [0.29, 0.717) is 22.7 Å². The highest BCUT2D eigenvalue weighted by Gasteiger charge is 2.23. The molecule has 0 radical (unpaired) electrons. The van der Waals surface area contributed by atoms with Gasteiger partial charge in [0.1, 0.15) is 5.00 Å². The number of nitrogens with two attached hydrogens (primary N) is 1. The Balaban J connectivity index is 1.93. The number of carbonyl (C=O) groups excluding carboxylic acids is 2. The summed E-state index contributed by atoms with van der Waals surface area (Å²) in [5, 5.41) is 3.30. The molecule has 2 aromatic carbocycles. The zero-order valence-corrected chi connectivity index (χ0v) is 15.9. The predicted molar refractivity (Wildman–Crippen MR) is 108 cm³/mol. The van der Waals surface area contributed by atoms with Crippen molar-refractivity contribution >= 4 is 28.2 Å². The fraction of sp³-hybridized carbons (Fsp3) is 0.143. The number of aryl methyl sites for hydroxylation is 1. The van der Waals surface area contributed by atoms with E-state index >= 15 is 0 Å². The Morgan fingerprint density at radius 3 is 2.33 bits per heavy atom. The second-order valence-corrected chi connectivity index (χ2v) is 7.28. The van der Waals surface area contributed by atoms with Gasteiger partial charge in [-0.15, -0.1) is 11.3 Å². The Kier molecular flexibility index (Phi) is 5.69. The lowest BCUT2D eigenvalue weighted by molar-refractivity contribution is 0.100. The topological polar surface area (TPSA) is 81.4 Å². The molecule has 27 heavy (non-hydrogen) atoms. The number of hydrogen-bond donors (Lipinski definition) is 2. The first kappa shape index (κ1) is 18.8. The van der Waals surface area contributed by atoms with Crippen LogP contribution < -0.4 is 11.1 Å². The van der Waals surface area contributed by atoms with E-state index in [2.05, 4.69) is 5.32 Å². The van der Waals surface area contributed by atoms with E-state index in [9.17, 15) is 9.59 Å². The average molecular weight is 380 g/mol. The van der Waals surface area contributed by atoms with Crippen LogP contribution in [-0.2, 0) is 11.3 Å². The Morgan fingerprint density at radius 2 is 1.74 bits per heavy atom. The largest absolute Gasteiger partial charge is 0.380 e. The van der Waals surface area contributed by atoms with Gasteiger partial charge in [-0.1, -0.05) is 42.5 Å². The molecule has 0 fully saturated rings. The zero-order valence-electron chi connectivity index (χ0n) is 15.1. The normalized spacial score (nSPS) is 10.6. The van der Waals surface area contributed by atoms with E-state index in [1.807, 2.05) is 49.4 Å². The van der Waals surface area contributed by atoms with E-state index in [4.69, 9.17) is 10.5 Å². The molecule has 2 amide bonds. The number of primary amides is 1. The molecular weight excluding hydrogens is 360 g/mol. The van der Waals surface area contributed by atoms with Gasteiger partial charge in [-0.3, -0.25) is 9.59 Å². The summed E-state index contributed by atoms with van der Waals surface area (Å²) in [6.07, 6.45) is 0. The summed E-state index contributed by atoms with van der Waals surface area (Å²) in [6.45, 7) is 2.40. The predicted octanol–water partition coefficient (Wildman–Crippen LogP) is 4.22. The number of nitrogens with one attached hydrogen (secondary N) is 1. The molecule has 0 unspecified atom stereocenters. The zero-order chi connectivity index (χ0) is 19.4. The van der Waals surface area contributed by atoms with Gasteiger partial charge < -0.3 is 15.8 Å². The van der Waals surface area contributed by atoms with Crippen LogP contribution in [0.4, 0.5) is 5.00 Å². The van der Waals surface area contributed by atoms with Crippen LogP contribution in [0, 0.1) is 6.92 Å². The minimum atomic E-state index is -0.566. The van der Waals surface area contributed by atoms with Gasteiger partial charge in [0.15, 0.2) is 0 Å². The van der Waals surface area contributed by atoms with Crippen molar-refractivity contribution < 1.29 is 14.3 Å². The molecule has 0 spiro atoms. The van der Waals surface area contributed by atoms with Gasteiger partial charge in [-0.05, 0) is 30.2 Å². The molecule has 0 saturated heterocycles. The molecule has 0 atom stereocenters. The molecule has 0 aliphatic carbocycles. The van der Waals surface area contributed by atoms with E-state index in [1.54, 1.807) is 19.2 Å². The summed E-state index contributed by atoms with van der Waals surface area (Å²) >= 11 is 1.35. The Bertz CT molecular complexity index is 963. The molecule has 1 aromatic heterocycles. The van der Waals surface area contributed by atoms with Gasteiger partial charge >= 0.3 is 0 Å². The molecule has 0 aliphatic heterocycles. The highest BCUT2D eigenvalue weighted by Crippen LogP contribution is 2.39. The van der Waals surface area contributed by atoms with Crippen LogP contribution in [-0.4, -0.2) is 18.9 Å². The van der Waals surface area contributed by atoms with Crippen LogP contribution in [0.3, 0.4) is 0 Å². The second kappa shape index (κ2) is 8.16. The standard InChI is InChI=1S/C21H20N2O3S/c1-13-17(15-6-4-3-5-7-15)18(19(22)24)21(27-13)23-20(25)16-10-8-14(9-11-16)12-26-2/h3-11H,12H2,1-2H3,(H2,22,24)(H,23,25). The van der Waals surface area contributed by atoms with Crippen LogP contribution in [0.2, 0.25) is 0 Å². The number of thiophene rings is 1. The van der Waals surface area contributed by atoms with Crippen LogP contribution in [0.15, 0.2) is 54.6 Å². The Morgan fingerprint density at radius 1 is 1.07 bits per heavy atom. The van der Waals surface area contributed by atoms with Crippen molar-refractivity contribution in [3.8, 4) is 11.1 Å². The van der Waals surface area contributed by atoms with Gasteiger partial charge in [0.25, 0.3) is 11.8 Å². The van der Waals surface area contributed by atoms with Crippen molar-refractivity contribution in [1.29, 1.82) is 0 Å². The summed E-state index contributed by atoms with van der Waals surface area (Å²) in [5.41, 5.74) is 9.11. The molecule has 0 saturated carbocycles. The molecule has 138 valence electrons. The fourth-order valence-corrected chi connectivity index (χ4v) is 3.99. The van der Waals surface area contributed by atoms with Crippen molar-refractivity contribution in [2.45, 2.75) is 13.5 Å². The maximum Gasteiger partial charge on any atom is 0.256 e. The summed E-state index contributed by atoms with van der Waals surface area (Å²) < 4.78 is 5.07. The smallest absolute Gasteiger partial charge is 0.256 e. The van der Waals surface area contributed by atoms with Crippen molar-refractivity contribution in [2.24, 2.45) is 5.73 Å². The number of benzene rings is 2. The second-order valence-electron chi connectivity index (χ2n) is 6.05. The molecule has 0 aliphatic rings. The minimum absolute atomic E-state index is 0.290. The third-order valence-corrected chi connectivity index (χ3v) is 5.17. The summed E-state index contributed by atoms with van der Waals surface area (Å²) in [6, 6.07) is 16.7.